The van der Waals surface area contributed by atoms with Crippen molar-refractivity contribution in [2.75, 3.05) is 14.2 Å². The van der Waals surface area contributed by atoms with Crippen molar-refractivity contribution in [3.8, 4) is 11.5 Å². The molecule has 1 aromatic rings. The van der Waals surface area contributed by atoms with E-state index in [-0.39, 0.29) is 6.42 Å². The van der Waals surface area contributed by atoms with Crippen molar-refractivity contribution in [3.05, 3.63) is 22.2 Å². The Morgan fingerprint density at radius 2 is 2.07 bits per heavy atom. The zero-order chi connectivity index (χ0) is 10.6. The molecule has 3 nitrogen and oxygen atoms in total. The van der Waals surface area contributed by atoms with Crippen molar-refractivity contribution in [3.63, 3.8) is 0 Å². The fraction of sp³-hybridized carbons (Fsp3) is 0.300. The van der Waals surface area contributed by atoms with Gasteiger partial charge >= 0.3 is 0 Å². The minimum absolute atomic E-state index is 0.284. The van der Waals surface area contributed by atoms with Crippen LogP contribution in [-0.2, 0) is 11.2 Å². The molecule has 0 saturated heterocycles. The van der Waals surface area contributed by atoms with Crippen LogP contribution < -0.4 is 9.47 Å². The Kier molecular flexibility index (Phi) is 3.95. The van der Waals surface area contributed by atoms with Crippen LogP contribution in [0.5, 0.6) is 11.5 Å². The molecule has 0 atom stereocenters. The molecule has 0 aromatic heterocycles. The van der Waals surface area contributed by atoms with Crippen molar-refractivity contribution >= 4 is 22.2 Å². The van der Waals surface area contributed by atoms with E-state index in [0.717, 1.165) is 16.3 Å². The van der Waals surface area contributed by atoms with Gasteiger partial charge in [-0.05, 0) is 28.1 Å². The summed E-state index contributed by atoms with van der Waals surface area (Å²) in [6, 6.07) is 3.62. The van der Waals surface area contributed by atoms with Gasteiger partial charge in [0.05, 0.1) is 18.7 Å². The third-order valence-corrected chi connectivity index (χ3v) is 2.51. The van der Waals surface area contributed by atoms with Crippen LogP contribution in [0.3, 0.4) is 0 Å². The molecule has 0 bridgehead atoms. The van der Waals surface area contributed by atoms with Crippen molar-refractivity contribution in [2.45, 2.75) is 6.42 Å². The normalized spacial score (nSPS) is 9.64. The molecule has 0 amide bonds. The molecule has 0 unspecified atom stereocenters. The average Bonchev–Trinajstić information content (AvgIpc) is 2.19. The lowest BCUT2D eigenvalue weighted by molar-refractivity contribution is -0.107. The predicted molar refractivity (Wildman–Crippen MR) is 57.0 cm³/mol. The number of hydrogen-bond acceptors (Lipinski definition) is 3. The molecule has 0 N–H and O–H groups in total. The molecule has 0 fully saturated rings. The van der Waals surface area contributed by atoms with Crippen LogP contribution in [0.25, 0.3) is 0 Å². The van der Waals surface area contributed by atoms with Crippen molar-refractivity contribution < 1.29 is 14.3 Å². The third kappa shape index (κ3) is 2.07. The van der Waals surface area contributed by atoms with Gasteiger partial charge in [-0.3, -0.25) is 0 Å². The van der Waals surface area contributed by atoms with E-state index in [2.05, 4.69) is 15.9 Å². The van der Waals surface area contributed by atoms with Crippen LogP contribution in [0.15, 0.2) is 16.6 Å². The van der Waals surface area contributed by atoms with Crippen LogP contribution in [0.1, 0.15) is 5.56 Å². The number of methoxy groups -OCH3 is 2. The molecule has 4 heteroatoms. The van der Waals surface area contributed by atoms with Crippen LogP contribution in [0, 0.1) is 0 Å². The maximum absolute atomic E-state index is 10.5. The fourth-order valence-electron chi connectivity index (χ4n) is 1.27. The quantitative estimate of drug-likeness (QED) is 0.777. The largest absolute Gasteiger partial charge is 0.496 e. The number of rotatable bonds is 4. The zero-order valence-corrected chi connectivity index (χ0v) is 9.63. The summed E-state index contributed by atoms with van der Waals surface area (Å²) in [5.41, 5.74) is 0.763. The number of ether oxygens (including phenoxy) is 2. The summed E-state index contributed by atoms with van der Waals surface area (Å²) in [7, 11) is 3.13. The van der Waals surface area contributed by atoms with E-state index in [0.29, 0.717) is 11.5 Å². The minimum atomic E-state index is 0.284. The fourth-order valence-corrected chi connectivity index (χ4v) is 1.80. The summed E-state index contributed by atoms with van der Waals surface area (Å²) >= 11 is 3.34. The molecular weight excluding hydrogens is 248 g/mol. The summed E-state index contributed by atoms with van der Waals surface area (Å²) < 4.78 is 11.1. The van der Waals surface area contributed by atoms with Crippen LogP contribution in [-0.4, -0.2) is 20.5 Å². The van der Waals surface area contributed by atoms with Gasteiger partial charge in [-0.1, -0.05) is 0 Å². The van der Waals surface area contributed by atoms with Crippen molar-refractivity contribution in [1.29, 1.82) is 0 Å². The second-order valence-corrected chi connectivity index (χ2v) is 3.49. The van der Waals surface area contributed by atoms with Gasteiger partial charge in [0, 0.05) is 12.0 Å². The van der Waals surface area contributed by atoms with Crippen molar-refractivity contribution in [2.24, 2.45) is 0 Å². The lowest BCUT2D eigenvalue weighted by Gasteiger charge is -2.12. The van der Waals surface area contributed by atoms with E-state index in [9.17, 15) is 4.79 Å². The number of benzene rings is 1. The highest BCUT2D eigenvalue weighted by Gasteiger charge is 2.12. The molecule has 0 heterocycles. The molecule has 0 spiro atoms. The molecule has 14 heavy (non-hydrogen) atoms. The van der Waals surface area contributed by atoms with Crippen LogP contribution in [0.4, 0.5) is 0 Å². The molecule has 0 aliphatic carbocycles. The highest BCUT2D eigenvalue weighted by molar-refractivity contribution is 9.10. The van der Waals surface area contributed by atoms with Crippen molar-refractivity contribution in [1.82, 2.24) is 0 Å². The van der Waals surface area contributed by atoms with E-state index in [4.69, 9.17) is 9.47 Å². The van der Waals surface area contributed by atoms with Gasteiger partial charge in [0.25, 0.3) is 0 Å². The number of aldehydes is 1. The lowest BCUT2D eigenvalue weighted by Crippen LogP contribution is -1.98. The lowest BCUT2D eigenvalue weighted by atomic mass is 10.1. The third-order valence-electron chi connectivity index (χ3n) is 1.88. The smallest absolute Gasteiger partial charge is 0.140 e. The molecule has 0 aliphatic heterocycles. The Labute approximate surface area is 91.1 Å². The highest BCUT2D eigenvalue weighted by Crippen LogP contribution is 2.35. The topological polar surface area (TPSA) is 35.5 Å². The summed E-state index contributed by atoms with van der Waals surface area (Å²) in [5, 5.41) is 0. The Morgan fingerprint density at radius 3 is 2.57 bits per heavy atom. The Balaban J connectivity index is 3.27. The Morgan fingerprint density at radius 1 is 1.36 bits per heavy atom. The molecule has 1 rings (SSSR count). The molecular formula is C10H11BrO3. The standard InChI is InChI=1S/C10H11BrO3/c1-13-9-4-3-8(11)10(14-2)7(9)5-6-12/h3-4,6H,5H2,1-2H3. The van der Waals surface area contributed by atoms with E-state index < -0.39 is 0 Å². The molecule has 1 aromatic carbocycles. The van der Waals surface area contributed by atoms with Gasteiger partial charge in [-0.25, -0.2) is 0 Å². The van der Waals surface area contributed by atoms with Crippen LogP contribution >= 0.6 is 15.9 Å². The second kappa shape index (κ2) is 5.00. The van der Waals surface area contributed by atoms with Gasteiger partial charge in [0.15, 0.2) is 0 Å². The number of halogens is 1. The average molecular weight is 259 g/mol. The van der Waals surface area contributed by atoms with Gasteiger partial charge in [-0.2, -0.15) is 0 Å². The first-order valence-corrected chi connectivity index (χ1v) is 4.86. The first kappa shape index (κ1) is 11.0. The summed E-state index contributed by atoms with van der Waals surface area (Å²) in [6.07, 6.45) is 1.11. The number of hydrogen-bond donors (Lipinski definition) is 0. The maximum Gasteiger partial charge on any atom is 0.140 e. The summed E-state index contributed by atoms with van der Waals surface area (Å²) in [6.45, 7) is 0. The van der Waals surface area contributed by atoms with Gasteiger partial charge in [-0.15, -0.1) is 0 Å². The van der Waals surface area contributed by atoms with E-state index in [1.165, 1.54) is 0 Å². The van der Waals surface area contributed by atoms with E-state index in [1.54, 1.807) is 20.3 Å². The summed E-state index contributed by atoms with van der Waals surface area (Å²) in [5.74, 6) is 1.31. The highest BCUT2D eigenvalue weighted by atomic mass is 79.9. The van der Waals surface area contributed by atoms with E-state index in [1.807, 2.05) is 6.07 Å². The zero-order valence-electron chi connectivity index (χ0n) is 8.04. The molecule has 76 valence electrons. The Hall–Kier alpha value is -1.03. The minimum Gasteiger partial charge on any atom is -0.496 e. The van der Waals surface area contributed by atoms with Crippen LogP contribution in [0.2, 0.25) is 0 Å². The van der Waals surface area contributed by atoms with Gasteiger partial charge < -0.3 is 14.3 Å². The summed E-state index contributed by atoms with van der Waals surface area (Å²) in [4.78, 5) is 10.5. The number of carbonyl (C=O) groups is 1. The maximum atomic E-state index is 10.5. The predicted octanol–water partition coefficient (Wildman–Crippen LogP) is 2.21. The first-order chi connectivity index (χ1) is 6.74. The SMILES string of the molecule is COc1ccc(Br)c(OC)c1CC=O. The molecule has 0 aliphatic rings. The van der Waals surface area contributed by atoms with E-state index >= 15 is 0 Å². The monoisotopic (exact) mass is 258 g/mol. The molecule has 0 radical (unpaired) electrons. The van der Waals surface area contributed by atoms with Gasteiger partial charge in [0.2, 0.25) is 0 Å². The number of carbonyl (C=O) groups excluding carboxylic acids is 1. The first-order valence-electron chi connectivity index (χ1n) is 4.07. The van der Waals surface area contributed by atoms with Gasteiger partial charge in [0.1, 0.15) is 17.8 Å². The second-order valence-electron chi connectivity index (χ2n) is 2.63. The Bertz CT molecular complexity index is 336. The molecule has 0 saturated carbocycles.